The minimum atomic E-state index is 0.0277. The summed E-state index contributed by atoms with van der Waals surface area (Å²) in [5.74, 6) is 0. The van der Waals surface area contributed by atoms with E-state index in [1.54, 1.807) is 0 Å². The fourth-order valence-electron chi connectivity index (χ4n) is 2.53. The first-order valence-electron chi connectivity index (χ1n) is 7.07. The summed E-state index contributed by atoms with van der Waals surface area (Å²) in [5.41, 5.74) is 12.6. The van der Waals surface area contributed by atoms with Gasteiger partial charge in [0.15, 0.2) is 0 Å². The van der Waals surface area contributed by atoms with Crippen LogP contribution < -0.4 is 10.6 Å². The fraction of sp³-hybridized carbons (Fsp3) is 0.333. The normalized spacial score (nSPS) is 12.2. The maximum Gasteiger partial charge on any atom is 0.0473 e. The summed E-state index contributed by atoms with van der Waals surface area (Å²) >= 11 is 0. The molecular formula is C18H24N2. The van der Waals surface area contributed by atoms with Gasteiger partial charge in [0.05, 0.1) is 0 Å². The second kappa shape index (κ2) is 6.10. The van der Waals surface area contributed by atoms with E-state index < -0.39 is 0 Å². The van der Waals surface area contributed by atoms with Gasteiger partial charge in [-0.2, -0.15) is 0 Å². The minimum absolute atomic E-state index is 0.0277. The Balaban J connectivity index is 2.10. The Morgan fingerprint density at radius 3 is 2.00 bits per heavy atom. The van der Waals surface area contributed by atoms with E-state index in [9.17, 15) is 0 Å². The largest absolute Gasteiger partial charge is 0.373 e. The number of aryl methyl sites for hydroxylation is 3. The summed E-state index contributed by atoms with van der Waals surface area (Å²) in [6, 6.07) is 15.1. The van der Waals surface area contributed by atoms with Gasteiger partial charge in [-0.05, 0) is 38.5 Å². The van der Waals surface area contributed by atoms with Gasteiger partial charge in [-0.1, -0.05) is 47.0 Å². The van der Waals surface area contributed by atoms with Crippen LogP contribution in [0.2, 0.25) is 0 Å². The van der Waals surface area contributed by atoms with Crippen LogP contribution in [0.1, 0.15) is 28.3 Å². The van der Waals surface area contributed by atoms with Gasteiger partial charge in [0, 0.05) is 25.3 Å². The molecule has 106 valence electrons. The van der Waals surface area contributed by atoms with Crippen LogP contribution in [0.4, 0.5) is 5.69 Å². The molecule has 0 heterocycles. The number of rotatable bonds is 4. The van der Waals surface area contributed by atoms with Crippen LogP contribution >= 0.6 is 0 Å². The predicted octanol–water partition coefficient (Wildman–Crippen LogP) is 3.75. The molecule has 20 heavy (non-hydrogen) atoms. The number of likely N-dealkylation sites (N-methyl/N-ethyl adjacent to an activating group) is 1. The summed E-state index contributed by atoms with van der Waals surface area (Å²) < 4.78 is 0. The summed E-state index contributed by atoms with van der Waals surface area (Å²) in [6.07, 6.45) is 0. The van der Waals surface area contributed by atoms with Crippen LogP contribution in [0, 0.1) is 20.8 Å². The second-order valence-electron chi connectivity index (χ2n) is 5.74. The van der Waals surface area contributed by atoms with Gasteiger partial charge in [-0.15, -0.1) is 0 Å². The van der Waals surface area contributed by atoms with Gasteiger partial charge in [-0.3, -0.25) is 0 Å². The average molecular weight is 268 g/mol. The molecule has 1 unspecified atom stereocenters. The van der Waals surface area contributed by atoms with Gasteiger partial charge in [0.1, 0.15) is 0 Å². The van der Waals surface area contributed by atoms with E-state index in [4.69, 9.17) is 5.73 Å². The van der Waals surface area contributed by atoms with E-state index in [-0.39, 0.29) is 6.04 Å². The second-order valence-corrected chi connectivity index (χ2v) is 5.74. The summed E-state index contributed by atoms with van der Waals surface area (Å²) in [7, 11) is 2.09. The van der Waals surface area contributed by atoms with E-state index in [2.05, 4.69) is 75.2 Å². The lowest BCUT2D eigenvalue weighted by molar-refractivity contribution is 0.702. The van der Waals surface area contributed by atoms with Crippen molar-refractivity contribution in [2.24, 2.45) is 5.73 Å². The topological polar surface area (TPSA) is 29.3 Å². The molecule has 2 heteroatoms. The zero-order valence-corrected chi connectivity index (χ0v) is 12.9. The third kappa shape index (κ3) is 3.61. The number of anilines is 1. The van der Waals surface area contributed by atoms with Crippen molar-refractivity contribution in [2.75, 3.05) is 18.5 Å². The quantitative estimate of drug-likeness (QED) is 0.915. The first kappa shape index (κ1) is 14.6. The van der Waals surface area contributed by atoms with E-state index in [1.807, 2.05) is 0 Å². The number of benzene rings is 2. The molecule has 0 aromatic heterocycles. The number of nitrogens with two attached hydrogens (primary N) is 1. The molecule has 2 aromatic rings. The number of nitrogens with zero attached hydrogens (tertiary/aromatic N) is 1. The van der Waals surface area contributed by atoms with E-state index in [0.717, 1.165) is 6.54 Å². The molecule has 2 nitrogen and oxygen atoms in total. The van der Waals surface area contributed by atoms with Crippen molar-refractivity contribution < 1.29 is 0 Å². The molecule has 0 bridgehead atoms. The molecule has 0 spiro atoms. The molecule has 0 aliphatic rings. The first-order chi connectivity index (χ1) is 9.45. The van der Waals surface area contributed by atoms with Crippen molar-refractivity contribution in [1.29, 1.82) is 0 Å². The predicted molar refractivity (Wildman–Crippen MR) is 87.3 cm³/mol. The molecule has 2 N–H and O–H groups in total. The Hall–Kier alpha value is -1.80. The molecule has 2 aromatic carbocycles. The Morgan fingerprint density at radius 2 is 1.45 bits per heavy atom. The lowest BCUT2D eigenvalue weighted by atomic mass is 10.0. The molecule has 0 aliphatic carbocycles. The van der Waals surface area contributed by atoms with Crippen molar-refractivity contribution in [3.8, 4) is 0 Å². The van der Waals surface area contributed by atoms with Gasteiger partial charge in [-0.25, -0.2) is 0 Å². The highest BCUT2D eigenvalue weighted by molar-refractivity contribution is 5.47. The van der Waals surface area contributed by atoms with Crippen LogP contribution in [0.5, 0.6) is 0 Å². The maximum atomic E-state index is 6.36. The number of hydrogen-bond acceptors (Lipinski definition) is 2. The Bertz CT molecular complexity index is 552. The lowest BCUT2D eigenvalue weighted by Crippen LogP contribution is -2.29. The highest BCUT2D eigenvalue weighted by Crippen LogP contribution is 2.19. The van der Waals surface area contributed by atoms with Gasteiger partial charge < -0.3 is 10.6 Å². The van der Waals surface area contributed by atoms with Crippen LogP contribution in [-0.4, -0.2) is 13.6 Å². The van der Waals surface area contributed by atoms with Crippen LogP contribution in [0.25, 0.3) is 0 Å². The van der Waals surface area contributed by atoms with Crippen LogP contribution in [-0.2, 0) is 0 Å². The zero-order chi connectivity index (χ0) is 14.7. The van der Waals surface area contributed by atoms with Gasteiger partial charge in [0.2, 0.25) is 0 Å². The van der Waals surface area contributed by atoms with E-state index in [0.29, 0.717) is 0 Å². The summed E-state index contributed by atoms with van der Waals surface area (Å²) in [5, 5.41) is 0. The summed E-state index contributed by atoms with van der Waals surface area (Å²) in [6.45, 7) is 7.15. The standard InChI is InChI=1S/C18H24N2/c1-13-5-7-17(8-6-13)20(4)12-18(19)16-10-14(2)9-15(3)11-16/h5-11,18H,12,19H2,1-4H3. The molecule has 0 saturated carbocycles. The van der Waals surface area contributed by atoms with Gasteiger partial charge >= 0.3 is 0 Å². The molecule has 2 rings (SSSR count). The molecule has 0 saturated heterocycles. The minimum Gasteiger partial charge on any atom is -0.373 e. The molecule has 0 fully saturated rings. The SMILES string of the molecule is Cc1ccc(N(C)CC(N)c2cc(C)cc(C)c2)cc1. The van der Waals surface area contributed by atoms with E-state index in [1.165, 1.54) is 27.9 Å². The van der Waals surface area contributed by atoms with Crippen LogP contribution in [0.15, 0.2) is 42.5 Å². The van der Waals surface area contributed by atoms with Crippen molar-refractivity contribution >= 4 is 5.69 Å². The Labute approximate surface area is 122 Å². The summed E-state index contributed by atoms with van der Waals surface area (Å²) in [4.78, 5) is 2.21. The van der Waals surface area contributed by atoms with Crippen molar-refractivity contribution in [3.05, 3.63) is 64.7 Å². The molecule has 0 aliphatic heterocycles. The van der Waals surface area contributed by atoms with E-state index >= 15 is 0 Å². The van der Waals surface area contributed by atoms with Crippen molar-refractivity contribution in [3.63, 3.8) is 0 Å². The van der Waals surface area contributed by atoms with Gasteiger partial charge in [0.25, 0.3) is 0 Å². The number of hydrogen-bond donors (Lipinski definition) is 1. The third-order valence-electron chi connectivity index (χ3n) is 3.62. The highest BCUT2D eigenvalue weighted by Gasteiger charge is 2.10. The van der Waals surface area contributed by atoms with Crippen molar-refractivity contribution in [1.82, 2.24) is 0 Å². The monoisotopic (exact) mass is 268 g/mol. The highest BCUT2D eigenvalue weighted by atomic mass is 15.1. The van der Waals surface area contributed by atoms with Crippen LogP contribution in [0.3, 0.4) is 0 Å². The molecule has 0 amide bonds. The smallest absolute Gasteiger partial charge is 0.0473 e. The Kier molecular flexibility index (Phi) is 4.46. The molecule has 1 atom stereocenters. The fourth-order valence-corrected chi connectivity index (χ4v) is 2.53. The Morgan fingerprint density at radius 1 is 0.900 bits per heavy atom. The third-order valence-corrected chi connectivity index (χ3v) is 3.62. The lowest BCUT2D eigenvalue weighted by Gasteiger charge is -2.24. The van der Waals surface area contributed by atoms with Crippen molar-refractivity contribution in [2.45, 2.75) is 26.8 Å². The zero-order valence-electron chi connectivity index (χ0n) is 12.9. The first-order valence-corrected chi connectivity index (χ1v) is 7.07. The molecule has 0 radical (unpaired) electrons. The molecular weight excluding hydrogens is 244 g/mol. The maximum absolute atomic E-state index is 6.36. The average Bonchev–Trinajstić information content (AvgIpc) is 2.38.